The Kier molecular flexibility index (Phi) is 6.84. The highest BCUT2D eigenvalue weighted by molar-refractivity contribution is 5.79. The highest BCUT2D eigenvalue weighted by atomic mass is 16.2. The zero-order valence-corrected chi connectivity index (χ0v) is 18.4. The van der Waals surface area contributed by atoms with E-state index in [4.69, 9.17) is 4.98 Å². The summed E-state index contributed by atoms with van der Waals surface area (Å²) in [6.45, 7) is 11.6. The molecule has 2 aliphatic heterocycles. The van der Waals surface area contributed by atoms with E-state index in [1.165, 1.54) is 18.4 Å². The minimum Gasteiger partial charge on any atom is -0.369 e. The van der Waals surface area contributed by atoms with Gasteiger partial charge in [0.15, 0.2) is 5.65 Å². The van der Waals surface area contributed by atoms with Crippen molar-refractivity contribution in [2.75, 3.05) is 57.7 Å². The third-order valence-corrected chi connectivity index (χ3v) is 6.32. The van der Waals surface area contributed by atoms with Crippen molar-refractivity contribution in [2.24, 2.45) is 5.92 Å². The van der Waals surface area contributed by atoms with E-state index >= 15 is 0 Å². The van der Waals surface area contributed by atoms with E-state index in [9.17, 15) is 4.79 Å². The first-order chi connectivity index (χ1) is 14.7. The van der Waals surface area contributed by atoms with Gasteiger partial charge >= 0.3 is 0 Å². The lowest BCUT2D eigenvalue weighted by molar-refractivity contribution is -0.136. The fourth-order valence-corrected chi connectivity index (χ4v) is 4.44. The molecule has 1 fully saturated rings. The molecule has 0 bridgehead atoms. The van der Waals surface area contributed by atoms with Crippen molar-refractivity contribution in [2.45, 2.75) is 39.5 Å². The van der Waals surface area contributed by atoms with E-state index in [-0.39, 0.29) is 11.8 Å². The number of amides is 1. The highest BCUT2D eigenvalue weighted by Crippen LogP contribution is 2.23. The molecule has 1 saturated heterocycles. The zero-order valence-electron chi connectivity index (χ0n) is 18.4. The number of hydrogen-bond acceptors (Lipinski definition) is 6. The predicted octanol–water partition coefficient (Wildman–Crippen LogP) is 1.41. The SMILES string of the molecule is CCCCN1CCN(C(=O)C(C)CNc2c3c(nc4ccnn24)CCNCC3)CC1. The van der Waals surface area contributed by atoms with Crippen LogP contribution in [0.2, 0.25) is 0 Å². The van der Waals surface area contributed by atoms with Gasteiger partial charge < -0.3 is 15.5 Å². The summed E-state index contributed by atoms with van der Waals surface area (Å²) in [7, 11) is 0. The molecule has 0 radical (unpaired) electrons. The van der Waals surface area contributed by atoms with E-state index < -0.39 is 0 Å². The first-order valence-electron chi connectivity index (χ1n) is 11.5. The van der Waals surface area contributed by atoms with Crippen LogP contribution in [0.3, 0.4) is 0 Å². The second kappa shape index (κ2) is 9.75. The predicted molar refractivity (Wildman–Crippen MR) is 119 cm³/mol. The van der Waals surface area contributed by atoms with Gasteiger partial charge in [-0.15, -0.1) is 0 Å². The van der Waals surface area contributed by atoms with E-state index in [1.54, 1.807) is 6.20 Å². The zero-order chi connectivity index (χ0) is 20.9. The molecule has 2 aromatic heterocycles. The van der Waals surface area contributed by atoms with E-state index in [2.05, 4.69) is 27.6 Å². The number of nitrogens with one attached hydrogen (secondary N) is 2. The first kappa shape index (κ1) is 21.1. The Morgan fingerprint density at radius 3 is 2.83 bits per heavy atom. The van der Waals surface area contributed by atoms with Crippen LogP contribution in [0.5, 0.6) is 0 Å². The second-order valence-corrected chi connectivity index (χ2v) is 8.54. The molecule has 1 unspecified atom stereocenters. The van der Waals surface area contributed by atoms with Gasteiger partial charge in [0.05, 0.1) is 17.8 Å². The van der Waals surface area contributed by atoms with Crippen LogP contribution < -0.4 is 10.6 Å². The molecule has 2 aliphatic rings. The Labute approximate surface area is 179 Å². The third-order valence-electron chi connectivity index (χ3n) is 6.32. The first-order valence-corrected chi connectivity index (χ1v) is 11.5. The van der Waals surface area contributed by atoms with Crippen LogP contribution in [-0.4, -0.2) is 82.7 Å². The fraction of sp³-hybridized carbons (Fsp3) is 0.682. The summed E-state index contributed by atoms with van der Waals surface area (Å²) in [6.07, 6.45) is 6.09. The van der Waals surface area contributed by atoms with Gasteiger partial charge in [-0.3, -0.25) is 9.69 Å². The van der Waals surface area contributed by atoms with Crippen LogP contribution in [0.25, 0.3) is 5.65 Å². The highest BCUT2D eigenvalue weighted by Gasteiger charge is 2.25. The smallest absolute Gasteiger partial charge is 0.227 e. The lowest BCUT2D eigenvalue weighted by Gasteiger charge is -2.36. The largest absolute Gasteiger partial charge is 0.369 e. The maximum atomic E-state index is 13.0. The normalized spacial score (nSPS) is 18.8. The molecule has 1 amide bonds. The summed E-state index contributed by atoms with van der Waals surface area (Å²) in [5, 5.41) is 11.5. The monoisotopic (exact) mass is 413 g/mol. The Morgan fingerprint density at radius 1 is 1.23 bits per heavy atom. The Hall–Kier alpha value is -2.19. The molecule has 2 N–H and O–H groups in total. The van der Waals surface area contributed by atoms with Crippen molar-refractivity contribution in [3.8, 4) is 0 Å². The van der Waals surface area contributed by atoms with Crippen LogP contribution >= 0.6 is 0 Å². The van der Waals surface area contributed by atoms with Crippen molar-refractivity contribution in [1.82, 2.24) is 29.7 Å². The molecule has 4 rings (SSSR count). The molecular formula is C22H35N7O. The van der Waals surface area contributed by atoms with Crippen LogP contribution in [0.1, 0.15) is 37.9 Å². The van der Waals surface area contributed by atoms with Crippen LogP contribution in [-0.2, 0) is 17.6 Å². The number of nitrogens with zero attached hydrogens (tertiary/aromatic N) is 5. The summed E-state index contributed by atoms with van der Waals surface area (Å²) in [5.74, 6) is 1.16. The third kappa shape index (κ3) is 4.59. The van der Waals surface area contributed by atoms with E-state index in [0.29, 0.717) is 6.54 Å². The number of hydrogen-bond donors (Lipinski definition) is 2. The Bertz CT molecular complexity index is 857. The molecule has 8 heteroatoms. The van der Waals surface area contributed by atoms with Crippen molar-refractivity contribution in [3.05, 3.63) is 23.5 Å². The van der Waals surface area contributed by atoms with Gasteiger partial charge in [0, 0.05) is 57.3 Å². The number of carbonyl (C=O) groups excluding carboxylic acids is 1. The molecule has 0 aliphatic carbocycles. The van der Waals surface area contributed by atoms with Crippen molar-refractivity contribution in [3.63, 3.8) is 0 Å². The Balaban J connectivity index is 1.40. The Morgan fingerprint density at radius 2 is 2.03 bits per heavy atom. The maximum absolute atomic E-state index is 13.0. The van der Waals surface area contributed by atoms with Gasteiger partial charge in [0.2, 0.25) is 5.91 Å². The average molecular weight is 414 g/mol. The molecule has 8 nitrogen and oxygen atoms in total. The van der Waals surface area contributed by atoms with Crippen molar-refractivity contribution < 1.29 is 4.79 Å². The second-order valence-electron chi connectivity index (χ2n) is 8.54. The van der Waals surface area contributed by atoms with Gasteiger partial charge in [0.25, 0.3) is 0 Å². The number of anilines is 1. The molecule has 2 aromatic rings. The van der Waals surface area contributed by atoms with Gasteiger partial charge in [-0.1, -0.05) is 20.3 Å². The van der Waals surface area contributed by atoms with Crippen LogP contribution in [0, 0.1) is 5.92 Å². The van der Waals surface area contributed by atoms with Crippen molar-refractivity contribution in [1.29, 1.82) is 0 Å². The van der Waals surface area contributed by atoms with Crippen LogP contribution in [0.15, 0.2) is 12.3 Å². The average Bonchev–Trinajstić information content (AvgIpc) is 3.11. The summed E-state index contributed by atoms with van der Waals surface area (Å²) in [5.41, 5.74) is 3.22. The minimum absolute atomic E-state index is 0.0782. The fourth-order valence-electron chi connectivity index (χ4n) is 4.44. The molecule has 0 saturated carbocycles. The van der Waals surface area contributed by atoms with Crippen LogP contribution in [0.4, 0.5) is 5.82 Å². The van der Waals surface area contributed by atoms with Gasteiger partial charge in [-0.05, 0) is 25.9 Å². The number of piperazine rings is 1. The van der Waals surface area contributed by atoms with E-state index in [0.717, 1.165) is 75.8 Å². The number of rotatable bonds is 7. The lowest BCUT2D eigenvalue weighted by atomic mass is 10.1. The number of fused-ring (bicyclic) bond motifs is 2. The van der Waals surface area contributed by atoms with Crippen molar-refractivity contribution >= 4 is 17.4 Å². The summed E-state index contributed by atoms with van der Waals surface area (Å²) in [4.78, 5) is 22.3. The summed E-state index contributed by atoms with van der Waals surface area (Å²) >= 11 is 0. The summed E-state index contributed by atoms with van der Waals surface area (Å²) < 4.78 is 1.88. The molecule has 4 heterocycles. The maximum Gasteiger partial charge on any atom is 0.227 e. The molecular weight excluding hydrogens is 378 g/mol. The number of unbranched alkanes of at least 4 members (excludes halogenated alkanes) is 1. The molecule has 0 spiro atoms. The van der Waals surface area contributed by atoms with Gasteiger partial charge in [-0.25, -0.2) is 4.98 Å². The summed E-state index contributed by atoms with van der Waals surface area (Å²) in [6, 6.07) is 1.94. The molecule has 0 aromatic carbocycles. The minimum atomic E-state index is -0.0782. The molecule has 30 heavy (non-hydrogen) atoms. The topological polar surface area (TPSA) is 77.8 Å². The standard InChI is InChI=1S/C22H35N7O/c1-3-4-11-27-12-14-28(15-13-27)22(30)17(2)16-24-21-18-5-8-23-9-6-19(18)26-20-7-10-25-29(20)21/h7,10,17,23-24H,3-6,8-9,11-16H2,1-2H3. The van der Waals surface area contributed by atoms with Gasteiger partial charge in [-0.2, -0.15) is 9.61 Å². The molecule has 164 valence electrons. The number of carbonyl (C=O) groups is 1. The van der Waals surface area contributed by atoms with Gasteiger partial charge in [0.1, 0.15) is 5.82 Å². The van der Waals surface area contributed by atoms with E-state index in [1.807, 2.05) is 22.4 Å². The quantitative estimate of drug-likeness (QED) is 0.715. The number of aromatic nitrogens is 3. The molecule has 1 atom stereocenters. The lowest BCUT2D eigenvalue weighted by Crippen LogP contribution is -2.50.